The largest absolute Gasteiger partial charge is 0.496 e. The zero-order chi connectivity index (χ0) is 19.9. The van der Waals surface area contributed by atoms with Gasteiger partial charge in [0.25, 0.3) is 0 Å². The Hall–Kier alpha value is -3.06. The number of benzene rings is 2. The molecule has 0 bridgehead atoms. The van der Waals surface area contributed by atoms with E-state index in [-0.39, 0.29) is 25.0 Å². The van der Waals surface area contributed by atoms with Crippen LogP contribution >= 0.6 is 0 Å². The minimum atomic E-state index is -0.512. The van der Waals surface area contributed by atoms with E-state index in [0.717, 1.165) is 17.9 Å². The van der Waals surface area contributed by atoms with Gasteiger partial charge in [0.15, 0.2) is 0 Å². The highest BCUT2D eigenvalue weighted by Crippen LogP contribution is 2.30. The van der Waals surface area contributed by atoms with Crippen LogP contribution in [0.3, 0.4) is 0 Å². The third-order valence-corrected chi connectivity index (χ3v) is 4.76. The topological polar surface area (TPSA) is 93.9 Å². The Balaban J connectivity index is 1.63. The fourth-order valence-electron chi connectivity index (χ4n) is 3.36. The van der Waals surface area contributed by atoms with Gasteiger partial charge in [-0.25, -0.2) is 0 Å². The molecule has 2 aromatic carbocycles. The number of amides is 2. The Labute approximate surface area is 164 Å². The third kappa shape index (κ3) is 4.61. The smallest absolute Gasteiger partial charge is 0.248 e. The quantitative estimate of drug-likeness (QED) is 0.760. The van der Waals surface area contributed by atoms with E-state index in [1.165, 1.54) is 0 Å². The first-order valence-electron chi connectivity index (χ1n) is 9.26. The molecular formula is C21H25N3O4. The van der Waals surface area contributed by atoms with E-state index in [1.807, 2.05) is 29.2 Å². The molecule has 1 saturated heterocycles. The predicted octanol–water partition coefficient (Wildman–Crippen LogP) is 1.74. The summed E-state index contributed by atoms with van der Waals surface area (Å²) in [7, 11) is 1.63. The minimum absolute atomic E-state index is 0.0171. The zero-order valence-corrected chi connectivity index (χ0v) is 15.9. The van der Waals surface area contributed by atoms with E-state index < -0.39 is 5.91 Å². The van der Waals surface area contributed by atoms with Gasteiger partial charge in [0, 0.05) is 30.8 Å². The Morgan fingerprint density at radius 3 is 2.82 bits per heavy atom. The van der Waals surface area contributed by atoms with Crippen molar-refractivity contribution in [3.05, 3.63) is 59.7 Å². The summed E-state index contributed by atoms with van der Waals surface area (Å²) in [5.41, 5.74) is 6.64. The van der Waals surface area contributed by atoms with Gasteiger partial charge in [-0.2, -0.15) is 0 Å². The highest BCUT2D eigenvalue weighted by Gasteiger charge is 2.29. The number of hydrogen-bond donors (Lipinski definition) is 2. The molecule has 0 aromatic heterocycles. The van der Waals surface area contributed by atoms with Crippen LogP contribution in [0, 0.1) is 0 Å². The molecular weight excluding hydrogens is 358 g/mol. The van der Waals surface area contributed by atoms with Crippen LogP contribution in [0.15, 0.2) is 48.5 Å². The van der Waals surface area contributed by atoms with Gasteiger partial charge in [-0.3, -0.25) is 9.59 Å². The first kappa shape index (κ1) is 19.7. The number of primary amides is 1. The summed E-state index contributed by atoms with van der Waals surface area (Å²) in [6, 6.07) is 14.3. The molecule has 1 atom stereocenters. The summed E-state index contributed by atoms with van der Waals surface area (Å²) in [4.78, 5) is 26.0. The monoisotopic (exact) mass is 383 g/mol. The van der Waals surface area contributed by atoms with Crippen LogP contribution in [0.5, 0.6) is 11.5 Å². The summed E-state index contributed by atoms with van der Waals surface area (Å²) in [5, 5.41) is 3.34. The normalized spacial score (nSPS) is 16.5. The summed E-state index contributed by atoms with van der Waals surface area (Å²) in [6.07, 6.45) is 0.243. The van der Waals surface area contributed by atoms with Gasteiger partial charge in [-0.15, -0.1) is 0 Å². The fraction of sp³-hybridized carbons (Fsp3) is 0.333. The predicted molar refractivity (Wildman–Crippen MR) is 105 cm³/mol. The Morgan fingerprint density at radius 1 is 1.21 bits per heavy atom. The van der Waals surface area contributed by atoms with Crippen LogP contribution in [0.2, 0.25) is 0 Å². The molecule has 0 aliphatic carbocycles. The SMILES string of the molecule is COc1ccccc1C1CNCCN1C(=O)CCOc1cccc(C(N)=O)c1. The average Bonchev–Trinajstić information content (AvgIpc) is 2.73. The van der Waals surface area contributed by atoms with Crippen molar-refractivity contribution in [3.63, 3.8) is 0 Å². The van der Waals surface area contributed by atoms with Crippen molar-refractivity contribution in [2.24, 2.45) is 5.73 Å². The molecule has 0 saturated carbocycles. The van der Waals surface area contributed by atoms with E-state index in [4.69, 9.17) is 15.2 Å². The van der Waals surface area contributed by atoms with Crippen molar-refractivity contribution in [1.82, 2.24) is 10.2 Å². The number of nitrogens with two attached hydrogens (primary N) is 1. The molecule has 2 amide bonds. The number of hydrogen-bond acceptors (Lipinski definition) is 5. The maximum absolute atomic E-state index is 12.9. The second kappa shape index (κ2) is 9.23. The van der Waals surface area contributed by atoms with Crippen LogP contribution in [0.4, 0.5) is 0 Å². The lowest BCUT2D eigenvalue weighted by Crippen LogP contribution is -2.49. The Morgan fingerprint density at radius 2 is 2.04 bits per heavy atom. The molecule has 7 nitrogen and oxygen atoms in total. The molecule has 2 aromatic rings. The van der Waals surface area contributed by atoms with Crippen molar-refractivity contribution in [3.8, 4) is 11.5 Å². The van der Waals surface area contributed by atoms with Gasteiger partial charge in [0.2, 0.25) is 11.8 Å². The maximum atomic E-state index is 12.9. The molecule has 1 aliphatic heterocycles. The van der Waals surface area contributed by atoms with Crippen LogP contribution in [-0.4, -0.2) is 50.1 Å². The van der Waals surface area contributed by atoms with Crippen molar-refractivity contribution >= 4 is 11.8 Å². The molecule has 1 fully saturated rings. The van der Waals surface area contributed by atoms with Gasteiger partial charge in [0.05, 0.1) is 26.2 Å². The van der Waals surface area contributed by atoms with Gasteiger partial charge in [0.1, 0.15) is 11.5 Å². The highest BCUT2D eigenvalue weighted by molar-refractivity contribution is 5.93. The Kier molecular flexibility index (Phi) is 6.49. The van der Waals surface area contributed by atoms with Gasteiger partial charge < -0.3 is 25.4 Å². The van der Waals surface area contributed by atoms with E-state index in [9.17, 15) is 9.59 Å². The van der Waals surface area contributed by atoms with Crippen LogP contribution in [-0.2, 0) is 4.79 Å². The van der Waals surface area contributed by atoms with Gasteiger partial charge >= 0.3 is 0 Å². The molecule has 7 heteroatoms. The molecule has 28 heavy (non-hydrogen) atoms. The molecule has 148 valence electrons. The zero-order valence-electron chi connectivity index (χ0n) is 15.9. The summed E-state index contributed by atoms with van der Waals surface area (Å²) in [6.45, 7) is 2.27. The highest BCUT2D eigenvalue weighted by atomic mass is 16.5. The maximum Gasteiger partial charge on any atom is 0.248 e. The van der Waals surface area contributed by atoms with E-state index in [0.29, 0.717) is 24.4 Å². The fourth-order valence-corrected chi connectivity index (χ4v) is 3.36. The number of rotatable bonds is 7. The summed E-state index contributed by atoms with van der Waals surface area (Å²) >= 11 is 0. The standard InChI is InChI=1S/C21H25N3O4/c1-27-19-8-3-2-7-17(19)18-14-23-10-11-24(18)20(25)9-12-28-16-6-4-5-15(13-16)21(22)26/h2-8,13,18,23H,9-12,14H2,1H3,(H2,22,26). The van der Waals surface area contributed by atoms with E-state index in [1.54, 1.807) is 31.4 Å². The number of ether oxygens (including phenoxy) is 2. The number of piperazine rings is 1. The lowest BCUT2D eigenvalue weighted by atomic mass is 10.0. The number of carbonyl (C=O) groups is 2. The number of nitrogens with zero attached hydrogens (tertiary/aromatic N) is 1. The van der Waals surface area contributed by atoms with E-state index in [2.05, 4.69) is 5.32 Å². The van der Waals surface area contributed by atoms with Gasteiger partial charge in [-0.05, 0) is 24.3 Å². The minimum Gasteiger partial charge on any atom is -0.496 e. The lowest BCUT2D eigenvalue weighted by molar-refractivity contribution is -0.135. The number of para-hydroxylation sites is 1. The molecule has 3 N–H and O–H groups in total. The lowest BCUT2D eigenvalue weighted by Gasteiger charge is -2.37. The second-order valence-corrected chi connectivity index (χ2v) is 6.54. The number of carbonyl (C=O) groups excluding carboxylic acids is 2. The molecule has 1 aliphatic rings. The molecule has 3 rings (SSSR count). The van der Waals surface area contributed by atoms with Crippen molar-refractivity contribution in [2.75, 3.05) is 33.4 Å². The molecule has 1 heterocycles. The Bertz CT molecular complexity index is 840. The molecule has 1 unspecified atom stereocenters. The van der Waals surface area contributed by atoms with Crippen LogP contribution in [0.1, 0.15) is 28.4 Å². The average molecular weight is 383 g/mol. The first-order valence-corrected chi connectivity index (χ1v) is 9.26. The van der Waals surface area contributed by atoms with Crippen LogP contribution in [0.25, 0.3) is 0 Å². The number of nitrogens with one attached hydrogen (secondary N) is 1. The first-order chi connectivity index (χ1) is 13.6. The summed E-state index contributed by atoms with van der Waals surface area (Å²) in [5.74, 6) is 0.796. The molecule has 0 radical (unpaired) electrons. The van der Waals surface area contributed by atoms with Crippen molar-refractivity contribution in [1.29, 1.82) is 0 Å². The van der Waals surface area contributed by atoms with Crippen LogP contribution < -0.4 is 20.5 Å². The summed E-state index contributed by atoms with van der Waals surface area (Å²) < 4.78 is 11.1. The van der Waals surface area contributed by atoms with Crippen molar-refractivity contribution < 1.29 is 19.1 Å². The second-order valence-electron chi connectivity index (χ2n) is 6.54. The third-order valence-electron chi connectivity index (χ3n) is 4.76. The van der Waals surface area contributed by atoms with E-state index >= 15 is 0 Å². The molecule has 0 spiro atoms. The van der Waals surface area contributed by atoms with Crippen molar-refractivity contribution in [2.45, 2.75) is 12.5 Å². The number of methoxy groups -OCH3 is 1. The van der Waals surface area contributed by atoms with Gasteiger partial charge in [-0.1, -0.05) is 24.3 Å².